The highest BCUT2D eigenvalue weighted by molar-refractivity contribution is 14.0. The molecule has 0 radical (unpaired) electrons. The van der Waals surface area contributed by atoms with Crippen molar-refractivity contribution in [1.82, 2.24) is 15.2 Å². The van der Waals surface area contributed by atoms with Gasteiger partial charge in [0.05, 0.1) is 6.54 Å². The van der Waals surface area contributed by atoms with Gasteiger partial charge >= 0.3 is 0 Å². The van der Waals surface area contributed by atoms with Crippen LogP contribution in [0.2, 0.25) is 0 Å². The Balaban J connectivity index is 0.00000220. The number of hydrogen-bond acceptors (Lipinski definition) is 3. The quantitative estimate of drug-likeness (QED) is 0.459. The summed E-state index contributed by atoms with van der Waals surface area (Å²) < 4.78 is 0. The predicted octanol–water partition coefficient (Wildman–Crippen LogP) is 3.51. The van der Waals surface area contributed by atoms with Crippen molar-refractivity contribution < 1.29 is 0 Å². The van der Waals surface area contributed by atoms with E-state index in [1.165, 1.54) is 12.8 Å². The molecule has 1 unspecified atom stereocenters. The molecule has 0 saturated carbocycles. The first kappa shape index (κ1) is 18.7. The van der Waals surface area contributed by atoms with E-state index in [4.69, 9.17) is 0 Å². The molecule has 0 aromatic carbocycles. The summed E-state index contributed by atoms with van der Waals surface area (Å²) in [5, 5.41) is 6.66. The molecule has 1 aliphatic rings. The summed E-state index contributed by atoms with van der Waals surface area (Å²) in [5.41, 5.74) is 1.10. The second-order valence-corrected chi connectivity index (χ2v) is 6.96. The molecule has 2 heterocycles. The number of hydrogen-bond donors (Lipinski definition) is 1. The van der Waals surface area contributed by atoms with Crippen molar-refractivity contribution >= 4 is 41.3 Å². The molecule has 0 aliphatic carbocycles. The molecule has 0 spiro atoms. The summed E-state index contributed by atoms with van der Waals surface area (Å²) >= 11 is 1.71. The smallest absolute Gasteiger partial charge is 0.194 e. The van der Waals surface area contributed by atoms with Gasteiger partial charge < -0.3 is 10.2 Å². The van der Waals surface area contributed by atoms with Crippen LogP contribution in [0.3, 0.4) is 0 Å². The van der Waals surface area contributed by atoms with Crippen LogP contribution in [0, 0.1) is 18.8 Å². The number of aliphatic imine (C=N–C) groups is 1. The van der Waals surface area contributed by atoms with Gasteiger partial charge in [-0.25, -0.2) is 4.98 Å². The molecule has 1 fully saturated rings. The zero-order valence-electron chi connectivity index (χ0n) is 13.4. The van der Waals surface area contributed by atoms with Gasteiger partial charge in [0.1, 0.15) is 5.01 Å². The van der Waals surface area contributed by atoms with Gasteiger partial charge in [0, 0.05) is 31.2 Å². The summed E-state index contributed by atoms with van der Waals surface area (Å²) in [6, 6.07) is 0. The maximum absolute atomic E-state index is 4.48. The summed E-state index contributed by atoms with van der Waals surface area (Å²) in [7, 11) is 1.87. The van der Waals surface area contributed by atoms with Crippen molar-refractivity contribution in [3.63, 3.8) is 0 Å². The Morgan fingerprint density at radius 3 is 2.90 bits per heavy atom. The molecule has 0 bridgehead atoms. The van der Waals surface area contributed by atoms with Gasteiger partial charge in [0.15, 0.2) is 5.96 Å². The summed E-state index contributed by atoms with van der Waals surface area (Å²) in [6.07, 6.45) is 2.61. The molecule has 1 aliphatic heterocycles. The number of halogens is 1. The zero-order chi connectivity index (χ0) is 14.5. The number of nitrogens with zero attached hydrogens (tertiary/aromatic N) is 3. The standard InChI is InChI=1S/C15H26N4S.HI/c1-11(2)7-13-5-6-19(9-13)15(16-4)17-8-14-18-12(3)10-20-14;/h10-11,13H,5-9H2,1-4H3,(H,16,17);1H. The van der Waals surface area contributed by atoms with Crippen LogP contribution in [-0.2, 0) is 6.54 Å². The lowest BCUT2D eigenvalue weighted by Gasteiger charge is -2.21. The number of rotatable bonds is 4. The maximum atomic E-state index is 4.48. The van der Waals surface area contributed by atoms with Gasteiger partial charge in [-0.2, -0.15) is 0 Å². The predicted molar refractivity (Wildman–Crippen MR) is 102 cm³/mol. The number of likely N-dealkylation sites (tertiary alicyclic amines) is 1. The van der Waals surface area contributed by atoms with Crippen LogP contribution in [0.15, 0.2) is 10.4 Å². The Morgan fingerprint density at radius 1 is 1.57 bits per heavy atom. The first-order valence-electron chi connectivity index (χ1n) is 7.45. The van der Waals surface area contributed by atoms with Crippen molar-refractivity contribution in [2.24, 2.45) is 16.8 Å². The Kier molecular flexibility index (Phi) is 7.94. The van der Waals surface area contributed by atoms with Crippen LogP contribution < -0.4 is 5.32 Å². The molecule has 1 atom stereocenters. The highest BCUT2D eigenvalue weighted by atomic mass is 127. The molecule has 1 N–H and O–H groups in total. The lowest BCUT2D eigenvalue weighted by molar-refractivity contribution is 0.403. The minimum absolute atomic E-state index is 0. The fourth-order valence-electron chi connectivity index (χ4n) is 2.85. The molecule has 1 aromatic rings. The van der Waals surface area contributed by atoms with Crippen molar-refractivity contribution in [2.75, 3.05) is 20.1 Å². The molecule has 21 heavy (non-hydrogen) atoms. The van der Waals surface area contributed by atoms with Crippen molar-refractivity contribution in [3.05, 3.63) is 16.1 Å². The van der Waals surface area contributed by atoms with E-state index in [1.807, 2.05) is 14.0 Å². The molecule has 0 amide bonds. The average molecular weight is 422 g/mol. The molecule has 6 heteroatoms. The fraction of sp³-hybridized carbons (Fsp3) is 0.733. The van der Waals surface area contributed by atoms with E-state index < -0.39 is 0 Å². The molecule has 1 saturated heterocycles. The second kappa shape index (κ2) is 8.92. The van der Waals surface area contributed by atoms with Gasteiger partial charge in [0.2, 0.25) is 0 Å². The summed E-state index contributed by atoms with van der Waals surface area (Å²) in [5.74, 6) is 2.62. The number of guanidine groups is 1. The van der Waals surface area contributed by atoms with E-state index >= 15 is 0 Å². The van der Waals surface area contributed by atoms with Crippen LogP contribution in [0.5, 0.6) is 0 Å². The number of thiazole rings is 1. The largest absolute Gasteiger partial charge is 0.350 e. The van der Waals surface area contributed by atoms with E-state index in [1.54, 1.807) is 11.3 Å². The highest BCUT2D eigenvalue weighted by Gasteiger charge is 2.25. The Bertz CT molecular complexity index is 458. The van der Waals surface area contributed by atoms with Crippen LogP contribution >= 0.6 is 35.3 Å². The van der Waals surface area contributed by atoms with E-state index in [0.717, 1.165) is 48.1 Å². The van der Waals surface area contributed by atoms with Crippen LogP contribution in [0.1, 0.15) is 37.4 Å². The lowest BCUT2D eigenvalue weighted by atomic mass is 9.97. The number of aromatic nitrogens is 1. The molecule has 120 valence electrons. The van der Waals surface area contributed by atoms with E-state index in [-0.39, 0.29) is 24.0 Å². The summed E-state index contributed by atoms with van der Waals surface area (Å²) in [6.45, 7) is 9.67. The minimum atomic E-state index is 0. The lowest BCUT2D eigenvalue weighted by Crippen LogP contribution is -2.39. The third kappa shape index (κ3) is 5.73. The summed E-state index contributed by atoms with van der Waals surface area (Å²) in [4.78, 5) is 11.3. The van der Waals surface area contributed by atoms with Gasteiger partial charge in [-0.05, 0) is 31.6 Å². The maximum Gasteiger partial charge on any atom is 0.194 e. The molecular formula is C15H27IN4S. The molecule has 1 aromatic heterocycles. The fourth-order valence-corrected chi connectivity index (χ4v) is 3.57. The first-order valence-corrected chi connectivity index (χ1v) is 8.33. The zero-order valence-corrected chi connectivity index (χ0v) is 16.6. The van der Waals surface area contributed by atoms with E-state index in [2.05, 4.69) is 39.4 Å². The Labute approximate surface area is 149 Å². The topological polar surface area (TPSA) is 40.5 Å². The number of aryl methyl sites for hydroxylation is 1. The molecular weight excluding hydrogens is 395 g/mol. The van der Waals surface area contributed by atoms with Crippen LogP contribution in [0.25, 0.3) is 0 Å². The van der Waals surface area contributed by atoms with E-state index in [0.29, 0.717) is 0 Å². The highest BCUT2D eigenvalue weighted by Crippen LogP contribution is 2.23. The average Bonchev–Trinajstić information content (AvgIpc) is 2.99. The van der Waals surface area contributed by atoms with Crippen molar-refractivity contribution in [3.8, 4) is 0 Å². The minimum Gasteiger partial charge on any atom is -0.350 e. The van der Waals surface area contributed by atoms with Gasteiger partial charge in [-0.1, -0.05) is 13.8 Å². The second-order valence-electron chi connectivity index (χ2n) is 6.01. The first-order chi connectivity index (χ1) is 9.58. The Hall–Kier alpha value is -0.370. The van der Waals surface area contributed by atoms with Crippen LogP contribution in [-0.4, -0.2) is 36.0 Å². The normalized spacial score (nSPS) is 19.0. The SMILES string of the molecule is CN=C(NCc1nc(C)cs1)N1CCC(CC(C)C)C1.I. The third-order valence-corrected chi connectivity index (χ3v) is 4.63. The van der Waals surface area contributed by atoms with Crippen molar-refractivity contribution in [1.29, 1.82) is 0 Å². The van der Waals surface area contributed by atoms with Crippen molar-refractivity contribution in [2.45, 2.75) is 40.2 Å². The third-order valence-electron chi connectivity index (χ3n) is 3.67. The van der Waals surface area contributed by atoms with Gasteiger partial charge in [0.25, 0.3) is 0 Å². The molecule has 4 nitrogen and oxygen atoms in total. The van der Waals surface area contributed by atoms with Gasteiger partial charge in [-0.15, -0.1) is 35.3 Å². The Morgan fingerprint density at radius 2 is 2.33 bits per heavy atom. The van der Waals surface area contributed by atoms with Crippen LogP contribution in [0.4, 0.5) is 0 Å². The number of nitrogens with one attached hydrogen (secondary N) is 1. The monoisotopic (exact) mass is 422 g/mol. The van der Waals surface area contributed by atoms with Gasteiger partial charge in [-0.3, -0.25) is 4.99 Å². The molecule has 2 rings (SSSR count). The van der Waals surface area contributed by atoms with E-state index in [9.17, 15) is 0 Å².